The average molecular weight is 573 g/mol. The van der Waals surface area contributed by atoms with Crippen LogP contribution in [0.2, 0.25) is 0 Å². The standard InChI is InChI=1S/C31H36N6O5/c1-31(2,3)27-16-28(35-42-27)34-30(40)32-19-5-8-25-18(13-19)14-26(41-25)29(39)23-15-20-21(24(38)7-6-22(20)33-23)17-37-11-9-36(4)10-12-37/h5-8,13-16,30,32-33,38,40H,9-12,17H2,1-4H3,(H,34,35). The lowest BCUT2D eigenvalue weighted by Gasteiger charge is -2.32. The fraction of sp³-hybridized carbons (Fsp3) is 0.355. The van der Waals surface area contributed by atoms with Gasteiger partial charge >= 0.3 is 0 Å². The third kappa shape index (κ3) is 5.71. The van der Waals surface area contributed by atoms with E-state index in [0.717, 1.165) is 42.6 Å². The van der Waals surface area contributed by atoms with Crippen LogP contribution in [0.5, 0.6) is 5.75 Å². The highest BCUT2D eigenvalue weighted by atomic mass is 16.5. The highest BCUT2D eigenvalue weighted by Crippen LogP contribution is 2.31. The van der Waals surface area contributed by atoms with Gasteiger partial charge in [-0.15, -0.1) is 0 Å². The predicted molar refractivity (Wildman–Crippen MR) is 161 cm³/mol. The highest BCUT2D eigenvalue weighted by molar-refractivity contribution is 6.10. The normalized spacial score (nSPS) is 15.8. The Morgan fingerprint density at radius 1 is 1.07 bits per heavy atom. The summed E-state index contributed by atoms with van der Waals surface area (Å²) in [4.78, 5) is 21.3. The molecular weight excluding hydrogens is 536 g/mol. The van der Waals surface area contributed by atoms with Gasteiger partial charge in [0, 0.05) is 71.7 Å². The number of hydrogen-bond acceptors (Lipinski definition) is 10. The summed E-state index contributed by atoms with van der Waals surface area (Å²) >= 11 is 0. The van der Waals surface area contributed by atoms with E-state index < -0.39 is 6.35 Å². The Labute approximate surface area is 243 Å². The van der Waals surface area contributed by atoms with Crippen molar-refractivity contribution in [3.05, 3.63) is 71.3 Å². The number of carbonyl (C=O) groups excluding carboxylic acids is 1. The van der Waals surface area contributed by atoms with Gasteiger partial charge in [0.1, 0.15) is 17.1 Å². The van der Waals surface area contributed by atoms with Crippen molar-refractivity contribution in [1.82, 2.24) is 19.9 Å². The second kappa shape index (κ2) is 10.8. The van der Waals surface area contributed by atoms with E-state index in [0.29, 0.717) is 40.5 Å². The number of aromatic nitrogens is 2. The lowest BCUT2D eigenvalue weighted by Crippen LogP contribution is -2.43. The van der Waals surface area contributed by atoms with Gasteiger partial charge in [0.2, 0.25) is 12.1 Å². The van der Waals surface area contributed by atoms with Crippen molar-refractivity contribution in [2.75, 3.05) is 43.9 Å². The molecule has 3 aromatic heterocycles. The van der Waals surface area contributed by atoms with Gasteiger partial charge in [0.15, 0.2) is 11.6 Å². The first-order valence-electron chi connectivity index (χ1n) is 14.0. The average Bonchev–Trinajstić information content (AvgIpc) is 3.69. The predicted octanol–water partition coefficient (Wildman–Crippen LogP) is 4.68. The van der Waals surface area contributed by atoms with Crippen molar-refractivity contribution >= 4 is 39.2 Å². The molecule has 6 rings (SSSR count). The summed E-state index contributed by atoms with van der Waals surface area (Å²) in [6, 6.07) is 14.0. The number of aliphatic hydroxyl groups excluding tert-OH is 1. The molecule has 220 valence electrons. The van der Waals surface area contributed by atoms with Crippen LogP contribution in [0.1, 0.15) is 48.3 Å². The Morgan fingerprint density at radius 2 is 1.86 bits per heavy atom. The van der Waals surface area contributed by atoms with Crippen LogP contribution in [0.15, 0.2) is 57.5 Å². The summed E-state index contributed by atoms with van der Waals surface area (Å²) in [6.45, 7) is 10.5. The monoisotopic (exact) mass is 572 g/mol. The van der Waals surface area contributed by atoms with E-state index in [9.17, 15) is 15.0 Å². The maximum absolute atomic E-state index is 13.5. The number of nitrogens with zero attached hydrogens (tertiary/aromatic N) is 3. The summed E-state index contributed by atoms with van der Waals surface area (Å²) in [5.74, 6) is 1.24. The third-order valence-corrected chi connectivity index (χ3v) is 7.69. The summed E-state index contributed by atoms with van der Waals surface area (Å²) < 4.78 is 11.3. The molecule has 1 atom stereocenters. The minimum Gasteiger partial charge on any atom is -0.508 e. The van der Waals surface area contributed by atoms with Crippen LogP contribution in [0, 0.1) is 0 Å². The van der Waals surface area contributed by atoms with Crippen LogP contribution in [0.25, 0.3) is 21.9 Å². The number of benzene rings is 2. The number of furan rings is 1. The first-order chi connectivity index (χ1) is 20.0. The number of fused-ring (bicyclic) bond motifs is 2. The Hall–Kier alpha value is -4.32. The lowest BCUT2D eigenvalue weighted by atomic mass is 9.93. The van der Waals surface area contributed by atoms with E-state index in [-0.39, 0.29) is 22.7 Å². The molecule has 0 bridgehead atoms. The zero-order valence-corrected chi connectivity index (χ0v) is 24.2. The molecule has 5 N–H and O–H groups in total. The molecular formula is C31H36N6O5. The molecule has 0 amide bonds. The second-order valence-electron chi connectivity index (χ2n) is 12.0. The van der Waals surface area contributed by atoms with Crippen LogP contribution < -0.4 is 10.6 Å². The number of piperazine rings is 1. The van der Waals surface area contributed by atoms with Crippen LogP contribution in [-0.4, -0.2) is 75.5 Å². The van der Waals surface area contributed by atoms with Crippen LogP contribution in [-0.2, 0) is 12.0 Å². The van der Waals surface area contributed by atoms with Crippen molar-refractivity contribution in [3.8, 4) is 5.75 Å². The van der Waals surface area contributed by atoms with Crippen LogP contribution in [0.3, 0.4) is 0 Å². The van der Waals surface area contributed by atoms with Gasteiger partial charge in [-0.3, -0.25) is 9.69 Å². The maximum Gasteiger partial charge on any atom is 0.244 e. The number of aromatic amines is 1. The number of likely N-dealkylation sites (N-methyl/N-ethyl adjacent to an activating group) is 1. The Kier molecular flexibility index (Phi) is 7.17. The SMILES string of the molecule is CN1CCN(Cc2c(O)ccc3[nH]c(C(=O)c4cc5cc(NC(O)Nc6cc(C(C)(C)C)on6)ccc5o4)cc23)CC1. The van der Waals surface area contributed by atoms with E-state index in [1.807, 2.05) is 20.8 Å². The van der Waals surface area contributed by atoms with Gasteiger partial charge in [-0.25, -0.2) is 0 Å². The molecule has 1 saturated heterocycles. The summed E-state index contributed by atoms with van der Waals surface area (Å²) in [5, 5.41) is 32.5. The Bertz CT molecular complexity index is 1740. The van der Waals surface area contributed by atoms with Crippen molar-refractivity contribution in [2.24, 2.45) is 0 Å². The van der Waals surface area contributed by atoms with Crippen molar-refractivity contribution in [1.29, 1.82) is 0 Å². The molecule has 11 nitrogen and oxygen atoms in total. The molecule has 1 aliphatic rings. The van der Waals surface area contributed by atoms with Crippen LogP contribution >= 0.6 is 0 Å². The minimum absolute atomic E-state index is 0.189. The Balaban J connectivity index is 1.18. The van der Waals surface area contributed by atoms with Gasteiger partial charge in [0.25, 0.3) is 0 Å². The first-order valence-corrected chi connectivity index (χ1v) is 14.0. The van der Waals surface area contributed by atoms with Gasteiger partial charge in [0.05, 0.1) is 5.69 Å². The number of phenols is 1. The molecule has 1 fully saturated rings. The van der Waals surface area contributed by atoms with E-state index in [4.69, 9.17) is 8.94 Å². The van der Waals surface area contributed by atoms with E-state index in [2.05, 4.69) is 37.6 Å². The van der Waals surface area contributed by atoms with Crippen molar-refractivity contribution in [2.45, 2.75) is 39.1 Å². The van der Waals surface area contributed by atoms with Gasteiger partial charge in [-0.05, 0) is 49.5 Å². The summed E-state index contributed by atoms with van der Waals surface area (Å²) in [7, 11) is 2.11. The first kappa shape index (κ1) is 27.8. The quantitative estimate of drug-likeness (QED) is 0.131. The van der Waals surface area contributed by atoms with Gasteiger partial charge < -0.3 is 39.7 Å². The molecule has 5 aromatic rings. The van der Waals surface area contributed by atoms with Gasteiger partial charge in [-0.2, -0.15) is 0 Å². The zero-order chi connectivity index (χ0) is 29.6. The number of carbonyl (C=O) groups is 1. The number of aromatic hydroxyl groups is 1. The smallest absolute Gasteiger partial charge is 0.244 e. The molecule has 2 aromatic carbocycles. The molecule has 1 unspecified atom stereocenters. The number of rotatable bonds is 8. The fourth-order valence-electron chi connectivity index (χ4n) is 5.18. The molecule has 0 aliphatic carbocycles. The molecule has 0 radical (unpaired) electrons. The fourth-order valence-corrected chi connectivity index (χ4v) is 5.18. The number of nitrogens with one attached hydrogen (secondary N) is 3. The minimum atomic E-state index is -1.13. The number of anilines is 2. The van der Waals surface area contributed by atoms with E-state index in [1.165, 1.54) is 0 Å². The van der Waals surface area contributed by atoms with E-state index >= 15 is 0 Å². The second-order valence-corrected chi connectivity index (χ2v) is 12.0. The molecule has 1 aliphatic heterocycles. The molecule has 0 spiro atoms. The number of hydrogen-bond donors (Lipinski definition) is 5. The highest BCUT2D eigenvalue weighted by Gasteiger charge is 2.23. The van der Waals surface area contributed by atoms with Crippen LogP contribution in [0.4, 0.5) is 11.5 Å². The molecule has 42 heavy (non-hydrogen) atoms. The third-order valence-electron chi connectivity index (χ3n) is 7.69. The number of H-pyrrole nitrogens is 1. The summed E-state index contributed by atoms with van der Waals surface area (Å²) in [6.07, 6.45) is -1.13. The maximum atomic E-state index is 13.5. The topological polar surface area (TPSA) is 143 Å². The Morgan fingerprint density at radius 3 is 2.60 bits per heavy atom. The molecule has 0 saturated carbocycles. The molecule has 11 heteroatoms. The largest absolute Gasteiger partial charge is 0.508 e. The van der Waals surface area contributed by atoms with Crippen molar-refractivity contribution < 1.29 is 23.9 Å². The lowest BCUT2D eigenvalue weighted by molar-refractivity contribution is 0.101. The summed E-state index contributed by atoms with van der Waals surface area (Å²) in [5.41, 5.74) is 2.94. The van der Waals surface area contributed by atoms with Gasteiger partial charge in [-0.1, -0.05) is 25.9 Å². The number of aliphatic hydroxyl groups is 1. The van der Waals surface area contributed by atoms with Crippen molar-refractivity contribution in [3.63, 3.8) is 0 Å². The van der Waals surface area contributed by atoms with E-state index in [1.54, 1.807) is 48.5 Å². The zero-order valence-electron chi connectivity index (χ0n) is 24.2. The number of phenolic OH excluding ortho intramolecular Hbond substituents is 1. The number of ketones is 1. The molecule has 4 heterocycles.